The SMILES string of the molecule is CCN(Cc1cccc(Cl)c1)C(=O)c1csc(CCN)n1. The van der Waals surface area contributed by atoms with Crippen LogP contribution >= 0.6 is 22.9 Å². The van der Waals surface area contributed by atoms with E-state index >= 15 is 0 Å². The van der Waals surface area contributed by atoms with Crippen LogP contribution in [0.2, 0.25) is 5.02 Å². The van der Waals surface area contributed by atoms with Crippen LogP contribution in [0.15, 0.2) is 29.6 Å². The van der Waals surface area contributed by atoms with E-state index in [1.54, 1.807) is 10.3 Å². The molecule has 112 valence electrons. The lowest BCUT2D eigenvalue weighted by molar-refractivity contribution is 0.0747. The third-order valence-corrected chi connectivity index (χ3v) is 4.20. The first-order valence-corrected chi connectivity index (χ1v) is 8.08. The molecule has 1 amide bonds. The lowest BCUT2D eigenvalue weighted by Crippen LogP contribution is -2.30. The first-order chi connectivity index (χ1) is 10.1. The third kappa shape index (κ3) is 4.27. The average Bonchev–Trinajstić information content (AvgIpc) is 2.93. The van der Waals surface area contributed by atoms with E-state index in [0.29, 0.717) is 36.8 Å². The van der Waals surface area contributed by atoms with Crippen LogP contribution in [0.25, 0.3) is 0 Å². The number of nitrogens with zero attached hydrogens (tertiary/aromatic N) is 2. The molecule has 0 spiro atoms. The molecule has 0 aliphatic carbocycles. The second-order valence-electron chi connectivity index (χ2n) is 4.61. The zero-order chi connectivity index (χ0) is 15.2. The normalized spacial score (nSPS) is 10.6. The molecule has 4 nitrogen and oxygen atoms in total. The van der Waals surface area contributed by atoms with Gasteiger partial charge in [0, 0.05) is 29.9 Å². The Bertz CT molecular complexity index is 614. The molecule has 0 fully saturated rings. The largest absolute Gasteiger partial charge is 0.333 e. The molecule has 0 atom stereocenters. The molecule has 0 aliphatic heterocycles. The van der Waals surface area contributed by atoms with Gasteiger partial charge in [-0.15, -0.1) is 11.3 Å². The van der Waals surface area contributed by atoms with Gasteiger partial charge in [0.05, 0.1) is 5.01 Å². The Morgan fingerprint density at radius 3 is 2.95 bits per heavy atom. The van der Waals surface area contributed by atoms with Crippen molar-refractivity contribution in [1.82, 2.24) is 9.88 Å². The summed E-state index contributed by atoms with van der Waals surface area (Å²) in [5.74, 6) is -0.0583. The summed E-state index contributed by atoms with van der Waals surface area (Å²) in [5.41, 5.74) is 7.01. The summed E-state index contributed by atoms with van der Waals surface area (Å²) in [4.78, 5) is 18.6. The molecule has 0 bridgehead atoms. The monoisotopic (exact) mass is 323 g/mol. The molecule has 0 radical (unpaired) electrons. The summed E-state index contributed by atoms with van der Waals surface area (Å²) in [5, 5.41) is 3.38. The minimum atomic E-state index is -0.0583. The number of rotatable bonds is 6. The first kappa shape index (κ1) is 15.9. The topological polar surface area (TPSA) is 59.2 Å². The Morgan fingerprint density at radius 2 is 2.29 bits per heavy atom. The molecule has 0 unspecified atom stereocenters. The van der Waals surface area contributed by atoms with Gasteiger partial charge in [-0.2, -0.15) is 0 Å². The van der Waals surface area contributed by atoms with Crippen molar-refractivity contribution in [3.63, 3.8) is 0 Å². The highest BCUT2D eigenvalue weighted by Crippen LogP contribution is 2.16. The predicted octanol–water partition coefficient (Wildman–Crippen LogP) is 2.96. The molecule has 0 saturated carbocycles. The standard InChI is InChI=1S/C15H18ClN3OS/c1-2-19(9-11-4-3-5-12(16)8-11)15(20)13-10-21-14(18-13)6-7-17/h3-5,8,10H,2,6-7,9,17H2,1H3. The minimum Gasteiger partial charge on any atom is -0.333 e. The number of benzene rings is 1. The molecule has 2 rings (SSSR count). The van der Waals surface area contributed by atoms with Gasteiger partial charge in [-0.1, -0.05) is 23.7 Å². The summed E-state index contributed by atoms with van der Waals surface area (Å²) in [6.45, 7) is 3.64. The number of carbonyl (C=O) groups is 1. The number of carbonyl (C=O) groups excluding carboxylic acids is 1. The predicted molar refractivity (Wildman–Crippen MR) is 86.7 cm³/mol. The van der Waals surface area contributed by atoms with E-state index < -0.39 is 0 Å². The first-order valence-electron chi connectivity index (χ1n) is 6.82. The van der Waals surface area contributed by atoms with E-state index in [4.69, 9.17) is 17.3 Å². The summed E-state index contributed by atoms with van der Waals surface area (Å²) in [6.07, 6.45) is 0.707. The number of halogens is 1. The van der Waals surface area contributed by atoms with Gasteiger partial charge >= 0.3 is 0 Å². The van der Waals surface area contributed by atoms with Crippen molar-refractivity contribution in [3.8, 4) is 0 Å². The Kier molecular flexibility index (Phi) is 5.73. The second kappa shape index (κ2) is 7.54. The van der Waals surface area contributed by atoms with Gasteiger partial charge in [0.25, 0.3) is 5.91 Å². The van der Waals surface area contributed by atoms with Gasteiger partial charge < -0.3 is 10.6 Å². The highest BCUT2D eigenvalue weighted by atomic mass is 35.5. The van der Waals surface area contributed by atoms with Gasteiger partial charge in [0.15, 0.2) is 0 Å². The molecule has 1 heterocycles. The summed E-state index contributed by atoms with van der Waals surface area (Å²) in [6, 6.07) is 7.54. The fraction of sp³-hybridized carbons (Fsp3) is 0.333. The van der Waals surface area contributed by atoms with Crippen molar-refractivity contribution < 1.29 is 4.79 Å². The van der Waals surface area contributed by atoms with Crippen LogP contribution in [-0.4, -0.2) is 28.9 Å². The van der Waals surface area contributed by atoms with Crippen LogP contribution in [-0.2, 0) is 13.0 Å². The van der Waals surface area contributed by atoms with Crippen molar-refractivity contribution in [1.29, 1.82) is 0 Å². The van der Waals surface area contributed by atoms with Crippen LogP contribution in [0.3, 0.4) is 0 Å². The molecule has 0 saturated heterocycles. The lowest BCUT2D eigenvalue weighted by atomic mass is 10.2. The molecule has 2 N–H and O–H groups in total. The van der Waals surface area contributed by atoms with Gasteiger partial charge in [-0.25, -0.2) is 4.98 Å². The van der Waals surface area contributed by atoms with Gasteiger partial charge in [-0.3, -0.25) is 4.79 Å². The van der Waals surface area contributed by atoms with Gasteiger partial charge in [0.1, 0.15) is 5.69 Å². The van der Waals surface area contributed by atoms with Crippen LogP contribution in [0.5, 0.6) is 0 Å². The van der Waals surface area contributed by atoms with Gasteiger partial charge in [-0.05, 0) is 31.2 Å². The third-order valence-electron chi connectivity index (χ3n) is 3.06. The van der Waals surface area contributed by atoms with E-state index in [-0.39, 0.29) is 5.91 Å². The van der Waals surface area contributed by atoms with Crippen molar-refractivity contribution >= 4 is 28.8 Å². The van der Waals surface area contributed by atoms with Crippen LogP contribution in [0, 0.1) is 0 Å². The number of amides is 1. The van der Waals surface area contributed by atoms with Crippen molar-refractivity contribution in [2.24, 2.45) is 5.73 Å². The zero-order valence-corrected chi connectivity index (χ0v) is 13.5. The summed E-state index contributed by atoms with van der Waals surface area (Å²) >= 11 is 7.46. The van der Waals surface area contributed by atoms with E-state index in [9.17, 15) is 4.79 Å². The number of aromatic nitrogens is 1. The lowest BCUT2D eigenvalue weighted by Gasteiger charge is -2.20. The van der Waals surface area contributed by atoms with Crippen molar-refractivity contribution in [2.75, 3.05) is 13.1 Å². The summed E-state index contributed by atoms with van der Waals surface area (Å²) < 4.78 is 0. The van der Waals surface area contributed by atoms with Crippen molar-refractivity contribution in [3.05, 3.63) is 50.9 Å². The highest BCUT2D eigenvalue weighted by molar-refractivity contribution is 7.09. The number of thiazole rings is 1. The zero-order valence-electron chi connectivity index (χ0n) is 11.9. The van der Waals surface area contributed by atoms with E-state index in [1.165, 1.54) is 11.3 Å². The fourth-order valence-corrected chi connectivity index (χ4v) is 2.99. The molecular weight excluding hydrogens is 306 g/mol. The minimum absolute atomic E-state index is 0.0583. The van der Waals surface area contributed by atoms with E-state index in [0.717, 1.165) is 10.6 Å². The Labute approximate surface area is 133 Å². The molecule has 0 aliphatic rings. The maximum Gasteiger partial charge on any atom is 0.273 e. The van der Waals surface area contributed by atoms with Crippen LogP contribution < -0.4 is 5.73 Å². The second-order valence-corrected chi connectivity index (χ2v) is 5.99. The number of hydrogen-bond acceptors (Lipinski definition) is 4. The van der Waals surface area contributed by atoms with Crippen molar-refractivity contribution in [2.45, 2.75) is 19.9 Å². The molecule has 2 aromatic rings. The Hall–Kier alpha value is -1.43. The molecule has 21 heavy (non-hydrogen) atoms. The molecular formula is C15H18ClN3OS. The number of nitrogens with two attached hydrogens (primary N) is 1. The molecule has 1 aromatic carbocycles. The molecule has 6 heteroatoms. The van der Waals surface area contributed by atoms with E-state index in [2.05, 4.69) is 4.98 Å². The summed E-state index contributed by atoms with van der Waals surface area (Å²) in [7, 11) is 0. The van der Waals surface area contributed by atoms with Crippen LogP contribution in [0.4, 0.5) is 0 Å². The highest BCUT2D eigenvalue weighted by Gasteiger charge is 2.17. The fourth-order valence-electron chi connectivity index (χ4n) is 1.99. The Balaban J connectivity index is 2.10. The number of hydrogen-bond donors (Lipinski definition) is 1. The van der Waals surface area contributed by atoms with E-state index in [1.807, 2.05) is 31.2 Å². The van der Waals surface area contributed by atoms with Crippen LogP contribution in [0.1, 0.15) is 28.0 Å². The quantitative estimate of drug-likeness (QED) is 0.889. The maximum atomic E-state index is 12.5. The maximum absolute atomic E-state index is 12.5. The smallest absolute Gasteiger partial charge is 0.273 e. The van der Waals surface area contributed by atoms with Gasteiger partial charge in [0.2, 0.25) is 0 Å². The average molecular weight is 324 g/mol. The molecule has 1 aromatic heterocycles. The Morgan fingerprint density at radius 1 is 1.48 bits per heavy atom.